The Morgan fingerprint density at radius 1 is 1.19 bits per heavy atom. The molecule has 138 valence electrons. The van der Waals surface area contributed by atoms with Crippen LogP contribution in [0, 0.1) is 0 Å². The first-order chi connectivity index (χ1) is 13.0. The summed E-state index contributed by atoms with van der Waals surface area (Å²) in [5.74, 6) is -0.899. The summed E-state index contributed by atoms with van der Waals surface area (Å²) in [6.45, 7) is 4.17. The zero-order valence-corrected chi connectivity index (χ0v) is 16.6. The van der Waals surface area contributed by atoms with Crippen LogP contribution in [0.5, 0.6) is 0 Å². The number of benzene rings is 2. The molecule has 0 spiro atoms. The highest BCUT2D eigenvalue weighted by atomic mass is 35.5. The molecule has 2 aromatic carbocycles. The molecule has 0 radical (unpaired) electrons. The molecular formula is C19H14Cl2N2O3S. The zero-order chi connectivity index (χ0) is 19.6. The van der Waals surface area contributed by atoms with Crippen LogP contribution in [0.4, 0.5) is 0 Å². The van der Waals surface area contributed by atoms with E-state index in [1.54, 1.807) is 16.7 Å². The molecule has 0 unspecified atom stereocenters. The van der Waals surface area contributed by atoms with Gasteiger partial charge in [0.05, 0.1) is 32.9 Å². The lowest BCUT2D eigenvalue weighted by atomic mass is 10.1. The van der Waals surface area contributed by atoms with E-state index in [1.807, 2.05) is 6.07 Å². The van der Waals surface area contributed by atoms with Crippen molar-refractivity contribution in [2.24, 2.45) is 4.99 Å². The summed E-state index contributed by atoms with van der Waals surface area (Å²) in [5, 5.41) is 0.833. The van der Waals surface area contributed by atoms with Crippen molar-refractivity contribution in [3.05, 3.63) is 75.0 Å². The maximum absolute atomic E-state index is 12.6. The lowest BCUT2D eigenvalue weighted by Crippen LogP contribution is -2.16. The first-order valence-electron chi connectivity index (χ1n) is 7.82. The lowest BCUT2D eigenvalue weighted by molar-refractivity contribution is 0.0600. The second kappa shape index (κ2) is 8.08. The van der Waals surface area contributed by atoms with E-state index in [2.05, 4.69) is 16.3 Å². The summed E-state index contributed by atoms with van der Waals surface area (Å²) in [7, 11) is 1.30. The van der Waals surface area contributed by atoms with Crippen LogP contribution in [-0.4, -0.2) is 23.6 Å². The number of carbonyl (C=O) groups is 2. The van der Waals surface area contributed by atoms with Crippen LogP contribution in [0.25, 0.3) is 10.2 Å². The van der Waals surface area contributed by atoms with Gasteiger partial charge in [0, 0.05) is 12.1 Å². The number of methoxy groups -OCH3 is 1. The van der Waals surface area contributed by atoms with Crippen molar-refractivity contribution < 1.29 is 14.3 Å². The number of allylic oxidation sites excluding steroid dienone is 1. The highest BCUT2D eigenvalue weighted by Gasteiger charge is 2.14. The predicted octanol–water partition coefficient (Wildman–Crippen LogP) is 4.72. The van der Waals surface area contributed by atoms with E-state index >= 15 is 0 Å². The van der Waals surface area contributed by atoms with Gasteiger partial charge in [-0.3, -0.25) is 4.79 Å². The first kappa shape index (κ1) is 19.4. The van der Waals surface area contributed by atoms with Crippen molar-refractivity contribution in [1.29, 1.82) is 0 Å². The zero-order valence-electron chi connectivity index (χ0n) is 14.2. The van der Waals surface area contributed by atoms with Crippen molar-refractivity contribution in [3.63, 3.8) is 0 Å². The summed E-state index contributed by atoms with van der Waals surface area (Å²) >= 11 is 13.8. The Kier molecular flexibility index (Phi) is 5.79. The van der Waals surface area contributed by atoms with Gasteiger partial charge in [-0.15, -0.1) is 6.58 Å². The maximum Gasteiger partial charge on any atom is 0.337 e. The SMILES string of the molecule is C=CCn1c(=NC(=O)c2ccc(C(=O)OC)cc2)sc2ccc(Cl)c(Cl)c21. The number of fused-ring (bicyclic) bond motifs is 1. The predicted molar refractivity (Wildman–Crippen MR) is 108 cm³/mol. The molecule has 0 aliphatic heterocycles. The number of hydrogen-bond donors (Lipinski definition) is 0. The van der Waals surface area contributed by atoms with Gasteiger partial charge < -0.3 is 9.30 Å². The van der Waals surface area contributed by atoms with Crippen molar-refractivity contribution in [3.8, 4) is 0 Å². The summed E-state index contributed by atoms with van der Waals surface area (Å²) in [4.78, 5) is 28.8. The van der Waals surface area contributed by atoms with Crippen LogP contribution < -0.4 is 4.80 Å². The number of amides is 1. The molecule has 0 saturated carbocycles. The Bertz CT molecular complexity index is 1110. The lowest BCUT2D eigenvalue weighted by Gasteiger charge is -2.04. The smallest absolute Gasteiger partial charge is 0.337 e. The highest BCUT2D eigenvalue weighted by molar-refractivity contribution is 7.16. The number of esters is 1. The molecule has 0 N–H and O–H groups in total. The largest absolute Gasteiger partial charge is 0.465 e. The number of hydrogen-bond acceptors (Lipinski definition) is 4. The number of carbonyl (C=O) groups excluding carboxylic acids is 2. The van der Waals surface area contributed by atoms with Gasteiger partial charge in [-0.1, -0.05) is 40.6 Å². The molecular weight excluding hydrogens is 407 g/mol. The Hall–Kier alpha value is -2.41. The van der Waals surface area contributed by atoms with E-state index in [-0.39, 0.29) is 0 Å². The number of ether oxygens (including phenoxy) is 1. The van der Waals surface area contributed by atoms with Gasteiger partial charge in [0.15, 0.2) is 4.80 Å². The molecule has 0 saturated heterocycles. The Balaban J connectivity index is 2.08. The second-order valence-electron chi connectivity index (χ2n) is 5.48. The minimum absolute atomic E-state index is 0.356. The molecule has 0 bridgehead atoms. The third-order valence-corrected chi connectivity index (χ3v) is 5.63. The molecule has 0 atom stereocenters. The van der Waals surface area contributed by atoms with Crippen LogP contribution >= 0.6 is 34.5 Å². The molecule has 0 fully saturated rings. The van der Waals surface area contributed by atoms with Gasteiger partial charge in [0.2, 0.25) is 0 Å². The molecule has 27 heavy (non-hydrogen) atoms. The summed E-state index contributed by atoms with van der Waals surface area (Å²) in [6, 6.07) is 9.66. The van der Waals surface area contributed by atoms with Crippen LogP contribution in [-0.2, 0) is 11.3 Å². The molecule has 1 heterocycles. The minimum atomic E-state index is -0.467. The number of halogens is 2. The number of aromatic nitrogens is 1. The van der Waals surface area contributed by atoms with E-state index in [9.17, 15) is 9.59 Å². The summed E-state index contributed by atoms with van der Waals surface area (Å²) in [5.41, 5.74) is 1.43. The quantitative estimate of drug-likeness (QED) is 0.452. The molecule has 0 aliphatic rings. The van der Waals surface area contributed by atoms with Crippen molar-refractivity contribution >= 4 is 56.6 Å². The molecule has 8 heteroatoms. The average molecular weight is 421 g/mol. The Morgan fingerprint density at radius 3 is 2.48 bits per heavy atom. The minimum Gasteiger partial charge on any atom is -0.465 e. The standard InChI is InChI=1S/C19H14Cl2N2O3S/c1-3-10-23-16-14(9-8-13(20)15(16)21)27-19(23)22-17(24)11-4-6-12(7-5-11)18(25)26-2/h3-9H,1,10H2,2H3. The van der Waals surface area contributed by atoms with Crippen molar-refractivity contribution in [2.75, 3.05) is 7.11 Å². The van der Waals surface area contributed by atoms with Crippen LogP contribution in [0.3, 0.4) is 0 Å². The van der Waals surface area contributed by atoms with Crippen LogP contribution in [0.1, 0.15) is 20.7 Å². The van der Waals surface area contributed by atoms with Gasteiger partial charge >= 0.3 is 5.97 Å². The third kappa shape index (κ3) is 3.83. The van der Waals surface area contributed by atoms with E-state index in [0.717, 1.165) is 4.70 Å². The van der Waals surface area contributed by atoms with Gasteiger partial charge in [-0.25, -0.2) is 4.79 Å². The molecule has 5 nitrogen and oxygen atoms in total. The fourth-order valence-electron chi connectivity index (χ4n) is 2.50. The molecule has 3 rings (SSSR count). The van der Waals surface area contributed by atoms with Crippen molar-refractivity contribution in [2.45, 2.75) is 6.54 Å². The van der Waals surface area contributed by atoms with E-state index in [0.29, 0.717) is 38.0 Å². The summed E-state index contributed by atoms with van der Waals surface area (Å²) < 4.78 is 7.30. The topological polar surface area (TPSA) is 60.7 Å². The summed E-state index contributed by atoms with van der Waals surface area (Å²) in [6.07, 6.45) is 1.69. The van der Waals surface area contributed by atoms with Gasteiger partial charge in [0.1, 0.15) is 0 Å². The maximum atomic E-state index is 12.6. The van der Waals surface area contributed by atoms with E-state index < -0.39 is 11.9 Å². The van der Waals surface area contributed by atoms with Gasteiger partial charge in [-0.05, 0) is 36.4 Å². The van der Waals surface area contributed by atoms with Crippen LogP contribution in [0.2, 0.25) is 10.0 Å². The fraction of sp³-hybridized carbons (Fsp3) is 0.105. The fourth-order valence-corrected chi connectivity index (χ4v) is 4.03. The molecule has 0 aliphatic carbocycles. The van der Waals surface area contributed by atoms with Crippen LogP contribution in [0.15, 0.2) is 54.0 Å². The highest BCUT2D eigenvalue weighted by Crippen LogP contribution is 2.32. The third-order valence-electron chi connectivity index (χ3n) is 3.80. The van der Waals surface area contributed by atoms with Gasteiger partial charge in [-0.2, -0.15) is 4.99 Å². The number of thiazole rings is 1. The molecule has 3 aromatic rings. The molecule has 1 amide bonds. The van der Waals surface area contributed by atoms with E-state index in [4.69, 9.17) is 23.2 Å². The average Bonchev–Trinajstić information content (AvgIpc) is 3.02. The van der Waals surface area contributed by atoms with E-state index in [1.165, 1.54) is 42.7 Å². The second-order valence-corrected chi connectivity index (χ2v) is 7.27. The Labute approximate surface area is 169 Å². The van der Waals surface area contributed by atoms with Crippen molar-refractivity contribution in [1.82, 2.24) is 4.57 Å². The monoisotopic (exact) mass is 420 g/mol. The number of nitrogens with zero attached hydrogens (tertiary/aromatic N) is 2. The first-order valence-corrected chi connectivity index (χ1v) is 9.39. The molecule has 1 aromatic heterocycles. The Morgan fingerprint density at radius 2 is 1.85 bits per heavy atom. The van der Waals surface area contributed by atoms with Gasteiger partial charge in [0.25, 0.3) is 5.91 Å². The normalized spacial score (nSPS) is 11.6. The number of rotatable bonds is 4.